The van der Waals surface area contributed by atoms with E-state index in [1.807, 2.05) is 30.9 Å². The van der Waals surface area contributed by atoms with E-state index in [1.54, 1.807) is 6.07 Å². The Kier molecular flexibility index (Phi) is 3.87. The molecule has 1 aliphatic rings. The van der Waals surface area contributed by atoms with Crippen LogP contribution in [0.4, 0.5) is 5.69 Å². The Balaban J connectivity index is 2.18. The number of amides is 1. The summed E-state index contributed by atoms with van der Waals surface area (Å²) in [6, 6.07) is 5.49. The van der Waals surface area contributed by atoms with Crippen LogP contribution in [-0.2, 0) is 4.74 Å². The van der Waals surface area contributed by atoms with Crippen molar-refractivity contribution in [2.24, 2.45) is 0 Å². The molecule has 1 aliphatic heterocycles. The number of hydrogen-bond acceptors (Lipinski definition) is 3. The number of carbonyl (C=O) groups is 1. The van der Waals surface area contributed by atoms with Crippen molar-refractivity contribution in [3.63, 3.8) is 0 Å². The molecule has 98 valence electrons. The van der Waals surface area contributed by atoms with Crippen LogP contribution < -0.4 is 5.73 Å². The van der Waals surface area contributed by atoms with Crippen LogP contribution in [0.15, 0.2) is 18.2 Å². The minimum atomic E-state index is 0.0442. The van der Waals surface area contributed by atoms with Crippen molar-refractivity contribution in [3.8, 4) is 0 Å². The highest BCUT2D eigenvalue weighted by Gasteiger charge is 2.21. The molecule has 1 heterocycles. The van der Waals surface area contributed by atoms with E-state index >= 15 is 0 Å². The van der Waals surface area contributed by atoms with Gasteiger partial charge in [-0.05, 0) is 44.0 Å². The van der Waals surface area contributed by atoms with E-state index in [4.69, 9.17) is 10.5 Å². The zero-order valence-corrected chi connectivity index (χ0v) is 11.0. The molecular formula is C14H20N2O2. The van der Waals surface area contributed by atoms with Crippen molar-refractivity contribution in [1.82, 2.24) is 4.90 Å². The van der Waals surface area contributed by atoms with Crippen molar-refractivity contribution >= 4 is 11.6 Å². The minimum absolute atomic E-state index is 0.0442. The fourth-order valence-electron chi connectivity index (χ4n) is 2.30. The molecule has 2 N–H and O–H groups in total. The predicted molar refractivity (Wildman–Crippen MR) is 71.5 cm³/mol. The summed E-state index contributed by atoms with van der Waals surface area (Å²) in [5.41, 5.74) is 8.11. The van der Waals surface area contributed by atoms with Crippen molar-refractivity contribution < 1.29 is 9.53 Å². The van der Waals surface area contributed by atoms with E-state index in [0.29, 0.717) is 17.8 Å². The number of anilines is 1. The monoisotopic (exact) mass is 248 g/mol. The van der Waals surface area contributed by atoms with E-state index in [2.05, 4.69) is 0 Å². The first-order valence-electron chi connectivity index (χ1n) is 6.34. The maximum Gasteiger partial charge on any atom is 0.254 e. The van der Waals surface area contributed by atoms with Gasteiger partial charge in [0.15, 0.2) is 0 Å². The van der Waals surface area contributed by atoms with E-state index in [0.717, 1.165) is 25.1 Å². The third-order valence-corrected chi connectivity index (χ3v) is 3.09. The lowest BCUT2D eigenvalue weighted by Gasteiger charge is -2.22. The smallest absolute Gasteiger partial charge is 0.254 e. The summed E-state index contributed by atoms with van der Waals surface area (Å²) in [4.78, 5) is 14.3. The molecule has 1 fully saturated rings. The van der Waals surface area contributed by atoms with Crippen LogP contribution >= 0.6 is 0 Å². The van der Waals surface area contributed by atoms with Crippen molar-refractivity contribution in [2.75, 3.05) is 25.4 Å². The maximum atomic E-state index is 12.4. The fraction of sp³-hybridized carbons (Fsp3) is 0.500. The molecule has 2 rings (SSSR count). The molecule has 18 heavy (non-hydrogen) atoms. The van der Waals surface area contributed by atoms with Crippen molar-refractivity contribution in [1.29, 1.82) is 0 Å². The van der Waals surface area contributed by atoms with Crippen LogP contribution in [0.5, 0.6) is 0 Å². The second kappa shape index (κ2) is 5.40. The lowest BCUT2D eigenvalue weighted by molar-refractivity contribution is 0.0562. The van der Waals surface area contributed by atoms with E-state index in [1.165, 1.54) is 0 Å². The molecule has 0 radical (unpaired) electrons. The van der Waals surface area contributed by atoms with E-state index in [9.17, 15) is 4.79 Å². The van der Waals surface area contributed by atoms with Gasteiger partial charge in [0.1, 0.15) is 0 Å². The average Bonchev–Trinajstić information content (AvgIpc) is 2.51. The number of carbonyl (C=O) groups excluding carboxylic acids is 1. The number of aryl methyl sites for hydroxylation is 1. The van der Waals surface area contributed by atoms with Crippen LogP contribution in [0, 0.1) is 6.92 Å². The molecule has 1 aromatic rings. The van der Waals surface area contributed by atoms with Crippen LogP contribution in [0.25, 0.3) is 0 Å². The molecule has 1 amide bonds. The summed E-state index contributed by atoms with van der Waals surface area (Å²) in [5.74, 6) is 0.0442. The molecule has 1 aromatic carbocycles. The Morgan fingerprint density at radius 1 is 1.44 bits per heavy atom. The average molecular weight is 248 g/mol. The van der Waals surface area contributed by atoms with Crippen LogP contribution in [-0.4, -0.2) is 36.6 Å². The number of nitrogens with zero attached hydrogens (tertiary/aromatic N) is 1. The highest BCUT2D eigenvalue weighted by atomic mass is 16.5. The van der Waals surface area contributed by atoms with Crippen LogP contribution in [0.3, 0.4) is 0 Å². The lowest BCUT2D eigenvalue weighted by atomic mass is 10.1. The molecule has 1 saturated heterocycles. The number of nitrogens with two attached hydrogens (primary N) is 1. The van der Waals surface area contributed by atoms with Gasteiger partial charge in [-0.2, -0.15) is 0 Å². The van der Waals surface area contributed by atoms with Gasteiger partial charge in [-0.1, -0.05) is 0 Å². The number of hydrogen-bond donors (Lipinski definition) is 1. The van der Waals surface area contributed by atoms with Gasteiger partial charge in [0.25, 0.3) is 5.91 Å². The highest BCUT2D eigenvalue weighted by Crippen LogP contribution is 2.15. The third kappa shape index (κ3) is 3.01. The second-order valence-corrected chi connectivity index (χ2v) is 4.92. The predicted octanol–water partition coefficient (Wildman–Crippen LogP) is 1.83. The Morgan fingerprint density at radius 3 is 2.94 bits per heavy atom. The summed E-state index contributed by atoms with van der Waals surface area (Å²) >= 11 is 0. The standard InChI is InChI=1S/C14H20N2O2/c1-10-6-12(8-13(15)7-10)14(17)16-4-3-5-18-11(2)9-16/h6-8,11H,3-5,9,15H2,1-2H3. The highest BCUT2D eigenvalue weighted by molar-refractivity contribution is 5.95. The quantitative estimate of drug-likeness (QED) is 0.771. The summed E-state index contributed by atoms with van der Waals surface area (Å²) < 4.78 is 5.55. The van der Waals surface area contributed by atoms with Crippen LogP contribution in [0.2, 0.25) is 0 Å². The Bertz CT molecular complexity index is 425. The topological polar surface area (TPSA) is 55.6 Å². The summed E-state index contributed by atoms with van der Waals surface area (Å²) in [6.07, 6.45) is 0.982. The van der Waals surface area contributed by atoms with Gasteiger partial charge < -0.3 is 15.4 Å². The van der Waals surface area contributed by atoms with Gasteiger partial charge in [0.2, 0.25) is 0 Å². The van der Waals surface area contributed by atoms with Crippen molar-refractivity contribution in [3.05, 3.63) is 29.3 Å². The minimum Gasteiger partial charge on any atom is -0.399 e. The van der Waals surface area contributed by atoms with E-state index < -0.39 is 0 Å². The SMILES string of the molecule is Cc1cc(N)cc(C(=O)N2CCCOC(C)C2)c1. The van der Waals surface area contributed by atoms with Gasteiger partial charge in [0, 0.05) is 30.9 Å². The summed E-state index contributed by atoms with van der Waals surface area (Å²) in [5, 5.41) is 0. The molecule has 0 saturated carbocycles. The molecule has 0 bridgehead atoms. The zero-order chi connectivity index (χ0) is 13.1. The number of benzene rings is 1. The van der Waals surface area contributed by atoms with E-state index in [-0.39, 0.29) is 12.0 Å². The second-order valence-electron chi connectivity index (χ2n) is 4.92. The third-order valence-electron chi connectivity index (χ3n) is 3.09. The Morgan fingerprint density at radius 2 is 2.22 bits per heavy atom. The first-order valence-corrected chi connectivity index (χ1v) is 6.34. The normalized spacial score (nSPS) is 20.6. The van der Waals surface area contributed by atoms with Gasteiger partial charge in [-0.3, -0.25) is 4.79 Å². The molecule has 4 heteroatoms. The largest absolute Gasteiger partial charge is 0.399 e. The number of nitrogen functional groups attached to an aromatic ring is 1. The first-order chi connectivity index (χ1) is 8.56. The molecule has 4 nitrogen and oxygen atoms in total. The molecule has 0 aliphatic carbocycles. The van der Waals surface area contributed by atoms with Gasteiger partial charge in [-0.25, -0.2) is 0 Å². The molecule has 0 aromatic heterocycles. The zero-order valence-electron chi connectivity index (χ0n) is 11.0. The molecule has 0 spiro atoms. The maximum absolute atomic E-state index is 12.4. The van der Waals surface area contributed by atoms with Gasteiger partial charge in [-0.15, -0.1) is 0 Å². The summed E-state index contributed by atoms with van der Waals surface area (Å²) in [7, 11) is 0. The van der Waals surface area contributed by atoms with Gasteiger partial charge >= 0.3 is 0 Å². The molecular weight excluding hydrogens is 228 g/mol. The van der Waals surface area contributed by atoms with Gasteiger partial charge in [0.05, 0.1) is 6.10 Å². The lowest BCUT2D eigenvalue weighted by Crippen LogP contribution is -2.36. The summed E-state index contributed by atoms with van der Waals surface area (Å²) in [6.45, 7) is 6.06. The Labute approximate surface area is 108 Å². The Hall–Kier alpha value is -1.55. The number of rotatable bonds is 1. The first kappa shape index (κ1) is 12.9. The molecule has 1 unspecified atom stereocenters. The number of ether oxygens (including phenoxy) is 1. The molecule has 1 atom stereocenters. The van der Waals surface area contributed by atoms with Crippen LogP contribution in [0.1, 0.15) is 29.3 Å². The fourth-order valence-corrected chi connectivity index (χ4v) is 2.30. The van der Waals surface area contributed by atoms with Crippen molar-refractivity contribution in [2.45, 2.75) is 26.4 Å².